The van der Waals surface area contributed by atoms with E-state index in [2.05, 4.69) is 10.1 Å². The highest BCUT2D eigenvalue weighted by Gasteiger charge is 2.33. The highest BCUT2D eigenvalue weighted by molar-refractivity contribution is 7.90. The van der Waals surface area contributed by atoms with Gasteiger partial charge < -0.3 is 4.74 Å². The van der Waals surface area contributed by atoms with Crippen LogP contribution in [0.2, 0.25) is 0 Å². The average Bonchev–Trinajstić information content (AvgIpc) is 3.13. The lowest BCUT2D eigenvalue weighted by Gasteiger charge is -2.11. The minimum Gasteiger partial charge on any atom is -0.462 e. The van der Waals surface area contributed by atoms with Gasteiger partial charge in [-0.3, -0.25) is 0 Å². The molecule has 3 aromatic rings. The van der Waals surface area contributed by atoms with Crippen LogP contribution in [0.5, 0.6) is 6.01 Å². The third-order valence-electron chi connectivity index (χ3n) is 4.09. The molecule has 0 aliphatic heterocycles. The maximum absolute atomic E-state index is 14.3. The summed E-state index contributed by atoms with van der Waals surface area (Å²) in [5.74, 6) is -1.18. The Hall–Kier alpha value is -2.95. The fourth-order valence-electron chi connectivity index (χ4n) is 2.56. The standard InChI is InChI=1S/C19H17F4N3O3S/c1-2-3-11-29-18-24-17(15-9-4-5-10-16(15)20)26(25-18)30(27,28)14-8-6-7-13(12-14)19(21,22)23/h4-10,12H,2-3,11H2,1H3. The summed E-state index contributed by atoms with van der Waals surface area (Å²) in [6.45, 7) is 2.11. The number of unbranched alkanes of at least 4 members (excludes halogenated alkanes) is 1. The van der Waals surface area contributed by atoms with E-state index in [9.17, 15) is 26.0 Å². The highest BCUT2D eigenvalue weighted by atomic mass is 32.2. The summed E-state index contributed by atoms with van der Waals surface area (Å²) < 4.78 is 85.3. The number of benzene rings is 2. The van der Waals surface area contributed by atoms with Crippen LogP contribution in [-0.4, -0.2) is 29.2 Å². The maximum Gasteiger partial charge on any atom is 0.416 e. The van der Waals surface area contributed by atoms with Crippen LogP contribution in [0, 0.1) is 5.82 Å². The molecule has 160 valence electrons. The van der Waals surface area contributed by atoms with E-state index < -0.39 is 38.3 Å². The van der Waals surface area contributed by atoms with Gasteiger partial charge in [-0.25, -0.2) is 4.39 Å². The molecule has 0 aliphatic rings. The summed E-state index contributed by atoms with van der Waals surface area (Å²) in [5, 5.41) is 3.79. The van der Waals surface area contributed by atoms with E-state index in [1.54, 1.807) is 0 Å². The predicted molar refractivity (Wildman–Crippen MR) is 99.8 cm³/mol. The first kappa shape index (κ1) is 21.8. The van der Waals surface area contributed by atoms with Crippen molar-refractivity contribution in [3.8, 4) is 17.4 Å². The molecule has 0 unspecified atom stereocenters. The van der Waals surface area contributed by atoms with Crippen molar-refractivity contribution in [1.29, 1.82) is 0 Å². The van der Waals surface area contributed by atoms with Crippen molar-refractivity contribution in [3.05, 3.63) is 59.9 Å². The highest BCUT2D eigenvalue weighted by Crippen LogP contribution is 2.32. The number of nitrogens with zero attached hydrogens (tertiary/aromatic N) is 3. The Morgan fingerprint density at radius 3 is 2.50 bits per heavy atom. The molecule has 0 radical (unpaired) electrons. The van der Waals surface area contributed by atoms with Crippen LogP contribution >= 0.6 is 0 Å². The van der Waals surface area contributed by atoms with Gasteiger partial charge in [0.05, 0.1) is 22.6 Å². The fraction of sp³-hybridized carbons (Fsp3) is 0.263. The second kappa shape index (κ2) is 8.42. The number of rotatable bonds is 7. The summed E-state index contributed by atoms with van der Waals surface area (Å²) in [7, 11) is -4.63. The molecule has 3 rings (SSSR count). The first-order valence-corrected chi connectivity index (χ1v) is 10.4. The van der Waals surface area contributed by atoms with Crippen LogP contribution in [0.3, 0.4) is 0 Å². The zero-order valence-corrected chi connectivity index (χ0v) is 16.5. The second-order valence-electron chi connectivity index (χ2n) is 6.27. The van der Waals surface area contributed by atoms with Crippen molar-refractivity contribution in [2.24, 2.45) is 0 Å². The van der Waals surface area contributed by atoms with Gasteiger partial charge in [0.2, 0.25) is 0 Å². The van der Waals surface area contributed by atoms with Crippen LogP contribution in [-0.2, 0) is 16.2 Å². The zero-order valence-electron chi connectivity index (χ0n) is 15.7. The molecule has 0 atom stereocenters. The number of hydrogen-bond acceptors (Lipinski definition) is 5. The quantitative estimate of drug-likeness (QED) is 0.397. The van der Waals surface area contributed by atoms with Gasteiger partial charge in [-0.1, -0.05) is 36.6 Å². The van der Waals surface area contributed by atoms with Gasteiger partial charge >= 0.3 is 12.2 Å². The Labute approximate surface area is 170 Å². The van der Waals surface area contributed by atoms with E-state index in [1.807, 2.05) is 6.92 Å². The van der Waals surface area contributed by atoms with Gasteiger partial charge in [0.15, 0.2) is 5.82 Å². The van der Waals surface area contributed by atoms with Gasteiger partial charge in [0, 0.05) is 0 Å². The number of alkyl halides is 3. The van der Waals surface area contributed by atoms with Crippen LogP contribution < -0.4 is 4.74 Å². The molecular formula is C19H17F4N3O3S. The predicted octanol–water partition coefficient (Wildman–Crippen LogP) is 4.52. The monoisotopic (exact) mass is 443 g/mol. The summed E-state index contributed by atoms with van der Waals surface area (Å²) in [4.78, 5) is 3.30. The molecule has 0 bridgehead atoms. The molecule has 0 aliphatic carbocycles. The van der Waals surface area contributed by atoms with E-state index in [-0.39, 0.29) is 18.2 Å². The third kappa shape index (κ3) is 4.45. The molecule has 6 nitrogen and oxygen atoms in total. The molecule has 0 spiro atoms. The molecular weight excluding hydrogens is 426 g/mol. The summed E-state index contributed by atoms with van der Waals surface area (Å²) in [6, 6.07) is 8.12. The van der Waals surface area contributed by atoms with Crippen LogP contribution in [0.4, 0.5) is 17.6 Å². The molecule has 30 heavy (non-hydrogen) atoms. The Kier molecular flexibility index (Phi) is 6.11. The van der Waals surface area contributed by atoms with Crippen LogP contribution in [0.25, 0.3) is 11.4 Å². The largest absolute Gasteiger partial charge is 0.462 e. The molecule has 1 heterocycles. The minimum absolute atomic E-state index is 0.189. The Bertz CT molecular complexity index is 1140. The maximum atomic E-state index is 14.3. The second-order valence-corrected chi connectivity index (χ2v) is 8.04. The lowest BCUT2D eigenvalue weighted by Crippen LogP contribution is -2.17. The lowest BCUT2D eigenvalue weighted by molar-refractivity contribution is -0.137. The smallest absolute Gasteiger partial charge is 0.416 e. The molecule has 0 fully saturated rings. The van der Waals surface area contributed by atoms with E-state index in [1.165, 1.54) is 18.2 Å². The van der Waals surface area contributed by atoms with Crippen LogP contribution in [0.1, 0.15) is 25.3 Å². The first-order chi connectivity index (χ1) is 14.1. The summed E-state index contributed by atoms with van der Waals surface area (Å²) in [6.07, 6.45) is -3.30. The van der Waals surface area contributed by atoms with E-state index >= 15 is 0 Å². The van der Waals surface area contributed by atoms with Gasteiger partial charge in [-0.05, 0) is 36.8 Å². The zero-order chi connectivity index (χ0) is 21.9. The SMILES string of the molecule is CCCCOc1nc(-c2ccccc2F)n(S(=O)(=O)c2cccc(C(F)(F)F)c2)n1. The molecule has 0 N–H and O–H groups in total. The normalized spacial score (nSPS) is 12.2. The fourth-order valence-corrected chi connectivity index (χ4v) is 3.83. The molecule has 11 heteroatoms. The van der Waals surface area contributed by atoms with Crippen LogP contribution in [0.15, 0.2) is 53.4 Å². The van der Waals surface area contributed by atoms with Gasteiger partial charge in [-0.15, -0.1) is 4.09 Å². The number of halogens is 4. The van der Waals surface area contributed by atoms with Gasteiger partial charge in [0.25, 0.3) is 10.0 Å². The number of hydrogen-bond donors (Lipinski definition) is 0. The Morgan fingerprint density at radius 1 is 1.10 bits per heavy atom. The number of ether oxygens (including phenoxy) is 1. The third-order valence-corrected chi connectivity index (χ3v) is 5.65. The number of aromatic nitrogens is 3. The van der Waals surface area contributed by atoms with Gasteiger partial charge in [-0.2, -0.15) is 26.6 Å². The summed E-state index contributed by atoms with van der Waals surface area (Å²) >= 11 is 0. The first-order valence-electron chi connectivity index (χ1n) is 8.92. The van der Waals surface area contributed by atoms with E-state index in [4.69, 9.17) is 4.74 Å². The van der Waals surface area contributed by atoms with Crippen molar-refractivity contribution >= 4 is 10.0 Å². The average molecular weight is 443 g/mol. The Morgan fingerprint density at radius 2 is 1.83 bits per heavy atom. The molecule has 0 amide bonds. The molecule has 1 aromatic heterocycles. The van der Waals surface area contributed by atoms with Crippen molar-refractivity contribution in [3.63, 3.8) is 0 Å². The van der Waals surface area contributed by atoms with Gasteiger partial charge in [0.1, 0.15) is 5.82 Å². The minimum atomic E-state index is -4.74. The summed E-state index contributed by atoms with van der Waals surface area (Å²) in [5.41, 5.74) is -1.33. The molecule has 0 saturated carbocycles. The Balaban J connectivity index is 2.15. The van der Waals surface area contributed by atoms with Crippen molar-refractivity contribution in [2.45, 2.75) is 30.8 Å². The lowest BCUT2D eigenvalue weighted by atomic mass is 10.2. The molecule has 2 aromatic carbocycles. The van der Waals surface area contributed by atoms with Crippen molar-refractivity contribution < 1.29 is 30.7 Å². The van der Waals surface area contributed by atoms with E-state index in [0.29, 0.717) is 16.6 Å². The van der Waals surface area contributed by atoms with Crippen molar-refractivity contribution in [1.82, 2.24) is 14.2 Å². The molecule has 0 saturated heterocycles. The van der Waals surface area contributed by atoms with Crippen molar-refractivity contribution in [2.75, 3.05) is 6.61 Å². The topological polar surface area (TPSA) is 74.1 Å². The van der Waals surface area contributed by atoms with E-state index in [0.717, 1.165) is 30.7 Å².